The first-order valence-corrected chi connectivity index (χ1v) is 10.9. The zero-order valence-corrected chi connectivity index (χ0v) is 17.6. The van der Waals surface area contributed by atoms with Crippen molar-refractivity contribution in [2.24, 2.45) is 0 Å². The van der Waals surface area contributed by atoms with Gasteiger partial charge in [-0.25, -0.2) is 0 Å². The van der Waals surface area contributed by atoms with E-state index in [1.54, 1.807) is 0 Å². The van der Waals surface area contributed by atoms with Crippen molar-refractivity contribution < 1.29 is 9.53 Å². The SMILES string of the molecule is CC[C@@H](Oc1ccc2c(c1)CCCC2)C(=O)Nc1nnc(-c2ccc(C)cc2)s1. The third-order valence-electron chi connectivity index (χ3n) is 5.22. The number of carbonyl (C=O) groups is 1. The Hall–Kier alpha value is -2.73. The molecule has 29 heavy (non-hydrogen) atoms. The van der Waals surface area contributed by atoms with E-state index in [0.29, 0.717) is 11.6 Å². The van der Waals surface area contributed by atoms with Crippen LogP contribution in [0.15, 0.2) is 42.5 Å². The minimum atomic E-state index is -0.566. The average Bonchev–Trinajstić information content (AvgIpc) is 3.20. The summed E-state index contributed by atoms with van der Waals surface area (Å²) in [5, 5.41) is 12.4. The highest BCUT2D eigenvalue weighted by atomic mass is 32.1. The molecule has 0 bridgehead atoms. The summed E-state index contributed by atoms with van der Waals surface area (Å²) in [5.41, 5.74) is 4.93. The van der Waals surface area contributed by atoms with E-state index >= 15 is 0 Å². The molecule has 1 aliphatic rings. The van der Waals surface area contributed by atoms with Crippen LogP contribution in [0.4, 0.5) is 5.13 Å². The third-order valence-corrected chi connectivity index (χ3v) is 6.10. The van der Waals surface area contributed by atoms with Gasteiger partial charge in [0.1, 0.15) is 10.8 Å². The molecular formula is C23H25N3O2S. The molecule has 1 heterocycles. The lowest BCUT2D eigenvalue weighted by Gasteiger charge is -2.20. The second-order valence-electron chi connectivity index (χ2n) is 7.42. The molecule has 3 aromatic rings. The van der Waals surface area contributed by atoms with Gasteiger partial charge < -0.3 is 4.74 Å². The van der Waals surface area contributed by atoms with Gasteiger partial charge in [-0.2, -0.15) is 0 Å². The van der Waals surface area contributed by atoms with Crippen LogP contribution in [-0.2, 0) is 17.6 Å². The number of aromatic nitrogens is 2. The van der Waals surface area contributed by atoms with Crippen molar-refractivity contribution in [1.82, 2.24) is 10.2 Å². The zero-order chi connectivity index (χ0) is 20.2. The van der Waals surface area contributed by atoms with E-state index in [2.05, 4.69) is 27.6 Å². The van der Waals surface area contributed by atoms with Gasteiger partial charge >= 0.3 is 0 Å². The molecular weight excluding hydrogens is 382 g/mol. The summed E-state index contributed by atoms with van der Waals surface area (Å²) in [4.78, 5) is 12.7. The number of hydrogen-bond acceptors (Lipinski definition) is 5. The number of rotatable bonds is 6. The predicted octanol–water partition coefficient (Wildman–Crippen LogP) is 5.19. The van der Waals surface area contributed by atoms with E-state index in [9.17, 15) is 4.79 Å². The smallest absolute Gasteiger partial charge is 0.267 e. The zero-order valence-electron chi connectivity index (χ0n) is 16.8. The molecule has 2 aromatic carbocycles. The minimum Gasteiger partial charge on any atom is -0.481 e. The molecule has 5 nitrogen and oxygen atoms in total. The van der Waals surface area contributed by atoms with E-state index in [4.69, 9.17) is 4.74 Å². The van der Waals surface area contributed by atoms with E-state index in [-0.39, 0.29) is 5.91 Å². The summed E-state index contributed by atoms with van der Waals surface area (Å²) < 4.78 is 6.01. The second-order valence-corrected chi connectivity index (χ2v) is 8.40. The summed E-state index contributed by atoms with van der Waals surface area (Å²) in [5.74, 6) is 0.557. The van der Waals surface area contributed by atoms with Gasteiger partial charge in [-0.05, 0) is 62.3 Å². The maximum absolute atomic E-state index is 12.7. The summed E-state index contributed by atoms with van der Waals surface area (Å²) >= 11 is 1.36. The molecule has 1 aromatic heterocycles. The van der Waals surface area contributed by atoms with Gasteiger partial charge in [0.25, 0.3) is 5.91 Å². The van der Waals surface area contributed by atoms with Crippen LogP contribution in [0, 0.1) is 6.92 Å². The Balaban J connectivity index is 1.42. The lowest BCUT2D eigenvalue weighted by Crippen LogP contribution is -2.32. The Kier molecular flexibility index (Phi) is 5.90. The monoisotopic (exact) mass is 407 g/mol. The van der Waals surface area contributed by atoms with Crippen LogP contribution < -0.4 is 10.1 Å². The molecule has 0 saturated heterocycles. The number of nitrogens with one attached hydrogen (secondary N) is 1. The number of benzene rings is 2. The number of anilines is 1. The minimum absolute atomic E-state index is 0.197. The number of fused-ring (bicyclic) bond motifs is 1. The van der Waals surface area contributed by atoms with Crippen LogP contribution in [0.3, 0.4) is 0 Å². The average molecular weight is 408 g/mol. The second kappa shape index (κ2) is 8.74. The van der Waals surface area contributed by atoms with Crippen molar-refractivity contribution in [1.29, 1.82) is 0 Å². The fraction of sp³-hybridized carbons (Fsp3) is 0.348. The fourth-order valence-corrected chi connectivity index (χ4v) is 4.29. The lowest BCUT2D eigenvalue weighted by atomic mass is 9.92. The molecule has 0 fully saturated rings. The molecule has 1 N–H and O–H groups in total. The van der Waals surface area contributed by atoms with Crippen LogP contribution in [0.1, 0.15) is 42.9 Å². The van der Waals surface area contributed by atoms with Gasteiger partial charge in [-0.3, -0.25) is 10.1 Å². The number of aryl methyl sites for hydroxylation is 3. The van der Waals surface area contributed by atoms with Gasteiger partial charge in [0.15, 0.2) is 6.10 Å². The third kappa shape index (κ3) is 4.65. The first-order valence-electron chi connectivity index (χ1n) is 10.1. The fourth-order valence-electron chi connectivity index (χ4n) is 3.54. The van der Waals surface area contributed by atoms with E-state index in [1.807, 2.05) is 44.2 Å². The maximum atomic E-state index is 12.7. The topological polar surface area (TPSA) is 64.1 Å². The first kappa shape index (κ1) is 19.6. The van der Waals surface area contributed by atoms with Crippen molar-refractivity contribution in [3.63, 3.8) is 0 Å². The molecule has 0 saturated carbocycles. The van der Waals surface area contributed by atoms with Crippen molar-refractivity contribution in [2.45, 2.75) is 52.1 Å². The predicted molar refractivity (Wildman–Crippen MR) is 117 cm³/mol. The Labute approximate surface area is 175 Å². The van der Waals surface area contributed by atoms with Crippen molar-refractivity contribution >= 4 is 22.4 Å². The number of hydrogen-bond donors (Lipinski definition) is 1. The van der Waals surface area contributed by atoms with Gasteiger partial charge in [0.2, 0.25) is 5.13 Å². The summed E-state index contributed by atoms with van der Waals surface area (Å²) in [7, 11) is 0. The van der Waals surface area contributed by atoms with Crippen molar-refractivity contribution in [3.8, 4) is 16.3 Å². The Morgan fingerprint density at radius 2 is 1.86 bits per heavy atom. The van der Waals surface area contributed by atoms with Gasteiger partial charge in [-0.15, -0.1) is 10.2 Å². The highest BCUT2D eigenvalue weighted by Gasteiger charge is 2.21. The van der Waals surface area contributed by atoms with Gasteiger partial charge in [0, 0.05) is 5.56 Å². The summed E-state index contributed by atoms with van der Waals surface area (Å²) in [6.07, 6.45) is 4.69. The Morgan fingerprint density at radius 3 is 2.62 bits per heavy atom. The van der Waals surface area contributed by atoms with Crippen LogP contribution in [0.5, 0.6) is 5.75 Å². The summed E-state index contributed by atoms with van der Waals surface area (Å²) in [6.45, 7) is 3.99. The van der Waals surface area contributed by atoms with Crippen LogP contribution >= 0.6 is 11.3 Å². The molecule has 4 rings (SSSR count). The molecule has 1 aliphatic carbocycles. The molecule has 0 aliphatic heterocycles. The molecule has 0 radical (unpaired) electrons. The highest BCUT2D eigenvalue weighted by Crippen LogP contribution is 2.28. The van der Waals surface area contributed by atoms with E-state index in [0.717, 1.165) is 29.2 Å². The summed E-state index contributed by atoms with van der Waals surface area (Å²) in [6, 6.07) is 14.3. The lowest BCUT2D eigenvalue weighted by molar-refractivity contribution is -0.122. The molecule has 6 heteroatoms. The molecule has 150 valence electrons. The number of amides is 1. The van der Waals surface area contributed by atoms with Crippen molar-refractivity contribution in [3.05, 3.63) is 59.2 Å². The van der Waals surface area contributed by atoms with Crippen molar-refractivity contribution in [2.75, 3.05) is 5.32 Å². The normalized spacial score (nSPS) is 14.1. The molecule has 1 atom stereocenters. The van der Waals surface area contributed by atoms with Crippen LogP contribution in [0.25, 0.3) is 10.6 Å². The Morgan fingerprint density at radius 1 is 1.10 bits per heavy atom. The quantitative estimate of drug-likeness (QED) is 0.611. The molecule has 0 unspecified atom stereocenters. The molecule has 0 spiro atoms. The highest BCUT2D eigenvalue weighted by molar-refractivity contribution is 7.18. The standard InChI is InChI=1S/C23H25N3O2S/c1-3-20(28-19-13-12-16-6-4-5-7-18(16)14-19)21(27)24-23-26-25-22(29-23)17-10-8-15(2)9-11-17/h8-14,20H,3-7H2,1-2H3,(H,24,26,27)/t20-/m1/s1. The maximum Gasteiger partial charge on any atom is 0.267 e. The van der Waals surface area contributed by atoms with Crippen LogP contribution in [0.2, 0.25) is 0 Å². The molecule has 1 amide bonds. The van der Waals surface area contributed by atoms with E-state index in [1.165, 1.54) is 40.9 Å². The number of ether oxygens (including phenoxy) is 1. The van der Waals surface area contributed by atoms with Crippen LogP contribution in [-0.4, -0.2) is 22.2 Å². The first-order chi connectivity index (χ1) is 14.1. The number of carbonyl (C=O) groups excluding carboxylic acids is 1. The van der Waals surface area contributed by atoms with Gasteiger partial charge in [0.05, 0.1) is 0 Å². The van der Waals surface area contributed by atoms with Gasteiger partial charge in [-0.1, -0.05) is 54.2 Å². The Bertz CT molecular complexity index is 998. The largest absolute Gasteiger partial charge is 0.481 e. The number of nitrogens with zero attached hydrogens (tertiary/aromatic N) is 2. The van der Waals surface area contributed by atoms with E-state index < -0.39 is 6.10 Å².